The molecule has 0 aliphatic carbocycles. The molecule has 6 heteroatoms. The lowest BCUT2D eigenvalue weighted by Crippen LogP contribution is -2.52. The van der Waals surface area contributed by atoms with E-state index in [0.29, 0.717) is 0 Å². The van der Waals surface area contributed by atoms with Gasteiger partial charge in [0.25, 0.3) is 0 Å². The third-order valence-corrected chi connectivity index (χ3v) is 5.94. The lowest BCUT2D eigenvalue weighted by atomic mass is 9.77. The van der Waals surface area contributed by atoms with Crippen molar-refractivity contribution >= 4 is 0 Å². The van der Waals surface area contributed by atoms with Gasteiger partial charge in [-0.15, -0.1) is 0 Å². The molecule has 28 heavy (non-hydrogen) atoms. The molecule has 0 unspecified atom stereocenters. The molecule has 0 N–H and O–H groups in total. The van der Waals surface area contributed by atoms with Crippen molar-refractivity contribution in [2.75, 3.05) is 40.2 Å². The summed E-state index contributed by atoms with van der Waals surface area (Å²) in [5, 5.41) is 0. The molecule has 3 aliphatic rings. The van der Waals surface area contributed by atoms with Crippen LogP contribution in [0.5, 0.6) is 23.0 Å². The molecule has 1 fully saturated rings. The summed E-state index contributed by atoms with van der Waals surface area (Å²) in [5.74, 6) is 3.62. The van der Waals surface area contributed by atoms with Crippen LogP contribution in [0.2, 0.25) is 0 Å². The van der Waals surface area contributed by atoms with E-state index in [1.165, 1.54) is 5.56 Å². The summed E-state index contributed by atoms with van der Waals surface area (Å²) in [6.07, 6.45) is -0.0355. The fraction of sp³-hybridized carbons (Fsp3) is 0.455. The summed E-state index contributed by atoms with van der Waals surface area (Å²) >= 11 is 0. The second-order valence-electron chi connectivity index (χ2n) is 7.48. The zero-order chi connectivity index (χ0) is 19.1. The predicted molar refractivity (Wildman–Crippen MR) is 103 cm³/mol. The standard InChI is InChI=1S/C22H25NO5/c1-14-21(15-5-3-4-6-17(15)24-2)16-11-19-20(27-13-26-19)12-18(16)28-22(14)23-7-9-25-10-8-23/h3-6,11-12,14,21-22H,7-10,13H2,1-2H3/t14-,21+,22-/m1/s1. The average molecular weight is 383 g/mol. The highest BCUT2D eigenvalue weighted by molar-refractivity contribution is 5.57. The average Bonchev–Trinajstić information content (AvgIpc) is 3.20. The fourth-order valence-corrected chi connectivity index (χ4v) is 4.58. The molecule has 0 spiro atoms. The first-order chi connectivity index (χ1) is 13.8. The van der Waals surface area contributed by atoms with Gasteiger partial charge in [0.1, 0.15) is 11.5 Å². The van der Waals surface area contributed by atoms with Crippen molar-refractivity contribution in [2.45, 2.75) is 19.1 Å². The highest BCUT2D eigenvalue weighted by Gasteiger charge is 2.42. The molecular formula is C22H25NO5. The summed E-state index contributed by atoms with van der Waals surface area (Å²) in [5.41, 5.74) is 2.28. The van der Waals surface area contributed by atoms with Gasteiger partial charge in [-0.25, -0.2) is 0 Å². The highest BCUT2D eigenvalue weighted by atomic mass is 16.7. The molecule has 1 saturated heterocycles. The normalized spacial score (nSPS) is 26.4. The highest BCUT2D eigenvalue weighted by Crippen LogP contribution is 2.51. The first-order valence-electron chi connectivity index (χ1n) is 9.81. The zero-order valence-corrected chi connectivity index (χ0v) is 16.2. The molecule has 3 heterocycles. The Kier molecular flexibility index (Phi) is 4.53. The van der Waals surface area contributed by atoms with Crippen LogP contribution in [0.25, 0.3) is 0 Å². The number of nitrogens with zero attached hydrogens (tertiary/aromatic N) is 1. The lowest BCUT2D eigenvalue weighted by Gasteiger charge is -2.44. The third-order valence-electron chi connectivity index (χ3n) is 5.94. The van der Waals surface area contributed by atoms with Gasteiger partial charge < -0.3 is 23.7 Å². The van der Waals surface area contributed by atoms with E-state index in [2.05, 4.69) is 30.0 Å². The van der Waals surface area contributed by atoms with Crippen LogP contribution in [0.1, 0.15) is 24.0 Å². The number of hydrogen-bond donors (Lipinski definition) is 0. The quantitative estimate of drug-likeness (QED) is 0.811. The number of rotatable bonds is 3. The van der Waals surface area contributed by atoms with Gasteiger partial charge in [0.15, 0.2) is 17.7 Å². The zero-order valence-electron chi connectivity index (χ0n) is 16.2. The van der Waals surface area contributed by atoms with Gasteiger partial charge in [-0.05, 0) is 12.1 Å². The lowest BCUT2D eigenvalue weighted by molar-refractivity contribution is -0.0785. The first kappa shape index (κ1) is 17.6. The molecule has 0 saturated carbocycles. The van der Waals surface area contributed by atoms with E-state index in [-0.39, 0.29) is 24.9 Å². The van der Waals surface area contributed by atoms with Gasteiger partial charge in [-0.3, -0.25) is 4.90 Å². The van der Waals surface area contributed by atoms with Gasteiger partial charge >= 0.3 is 0 Å². The first-order valence-corrected chi connectivity index (χ1v) is 9.81. The predicted octanol–water partition coefficient (Wildman–Crippen LogP) is 3.24. The number of ether oxygens (including phenoxy) is 5. The van der Waals surface area contributed by atoms with E-state index in [1.807, 2.05) is 18.2 Å². The van der Waals surface area contributed by atoms with Crippen molar-refractivity contribution in [3.8, 4) is 23.0 Å². The van der Waals surface area contributed by atoms with E-state index in [4.69, 9.17) is 23.7 Å². The molecule has 5 rings (SSSR count). The molecule has 0 bridgehead atoms. The van der Waals surface area contributed by atoms with E-state index in [0.717, 1.165) is 54.9 Å². The van der Waals surface area contributed by atoms with Crippen LogP contribution in [0.4, 0.5) is 0 Å². The number of methoxy groups -OCH3 is 1. The Hall–Kier alpha value is -2.44. The third kappa shape index (κ3) is 2.88. The minimum atomic E-state index is -0.0355. The topological polar surface area (TPSA) is 49.4 Å². The number of benzene rings is 2. The maximum absolute atomic E-state index is 6.53. The fourth-order valence-electron chi connectivity index (χ4n) is 4.58. The van der Waals surface area contributed by atoms with Crippen molar-refractivity contribution in [3.63, 3.8) is 0 Å². The molecule has 3 aliphatic heterocycles. The molecule has 6 nitrogen and oxygen atoms in total. The monoisotopic (exact) mass is 383 g/mol. The second-order valence-corrected chi connectivity index (χ2v) is 7.48. The van der Waals surface area contributed by atoms with Crippen molar-refractivity contribution < 1.29 is 23.7 Å². The van der Waals surface area contributed by atoms with E-state index in [9.17, 15) is 0 Å². The van der Waals surface area contributed by atoms with E-state index < -0.39 is 0 Å². The Labute approximate surface area is 164 Å². The van der Waals surface area contributed by atoms with Crippen LogP contribution < -0.4 is 18.9 Å². The number of hydrogen-bond acceptors (Lipinski definition) is 6. The molecule has 3 atom stereocenters. The largest absolute Gasteiger partial charge is 0.496 e. The van der Waals surface area contributed by atoms with E-state index in [1.54, 1.807) is 7.11 Å². The molecule has 0 amide bonds. The maximum atomic E-state index is 6.53. The number of para-hydroxylation sites is 1. The molecular weight excluding hydrogens is 358 g/mol. The Bertz CT molecular complexity index is 864. The van der Waals surface area contributed by atoms with Gasteiger partial charge in [-0.2, -0.15) is 0 Å². The molecule has 2 aromatic carbocycles. The summed E-state index contributed by atoms with van der Waals surface area (Å²) in [6, 6.07) is 12.3. The van der Waals surface area contributed by atoms with Gasteiger partial charge in [0, 0.05) is 42.1 Å². The maximum Gasteiger partial charge on any atom is 0.231 e. The summed E-state index contributed by atoms with van der Waals surface area (Å²) < 4.78 is 29.0. The molecule has 2 aromatic rings. The van der Waals surface area contributed by atoms with Crippen molar-refractivity contribution in [1.29, 1.82) is 0 Å². The number of morpholine rings is 1. The Morgan fingerprint density at radius 3 is 2.50 bits per heavy atom. The van der Waals surface area contributed by atoms with Crippen LogP contribution in [0.15, 0.2) is 36.4 Å². The van der Waals surface area contributed by atoms with Crippen LogP contribution in [0, 0.1) is 5.92 Å². The second kappa shape index (κ2) is 7.18. The van der Waals surface area contributed by atoms with Crippen LogP contribution in [0.3, 0.4) is 0 Å². The molecule has 0 aromatic heterocycles. The van der Waals surface area contributed by atoms with Gasteiger partial charge in [0.2, 0.25) is 6.79 Å². The van der Waals surface area contributed by atoms with Crippen LogP contribution >= 0.6 is 0 Å². The smallest absolute Gasteiger partial charge is 0.231 e. The van der Waals surface area contributed by atoms with Crippen molar-refractivity contribution in [3.05, 3.63) is 47.5 Å². The van der Waals surface area contributed by atoms with E-state index >= 15 is 0 Å². The van der Waals surface area contributed by atoms with Gasteiger partial charge in [-0.1, -0.05) is 25.1 Å². The molecule has 0 radical (unpaired) electrons. The minimum absolute atomic E-state index is 0.0355. The van der Waals surface area contributed by atoms with Crippen LogP contribution in [-0.4, -0.2) is 51.3 Å². The van der Waals surface area contributed by atoms with Gasteiger partial charge in [0.05, 0.1) is 20.3 Å². The summed E-state index contributed by atoms with van der Waals surface area (Å²) in [6.45, 7) is 5.71. The number of fused-ring (bicyclic) bond motifs is 2. The Morgan fingerprint density at radius 2 is 1.71 bits per heavy atom. The Balaban J connectivity index is 1.62. The summed E-state index contributed by atoms with van der Waals surface area (Å²) in [7, 11) is 1.73. The minimum Gasteiger partial charge on any atom is -0.496 e. The van der Waals surface area contributed by atoms with Crippen LogP contribution in [-0.2, 0) is 4.74 Å². The molecule has 148 valence electrons. The SMILES string of the molecule is COc1ccccc1[C@H]1c2cc3c(cc2O[C@@H](N2CCOCC2)[C@@H]1C)OCO3. The van der Waals surface area contributed by atoms with Crippen molar-refractivity contribution in [2.24, 2.45) is 5.92 Å². The Morgan fingerprint density at radius 1 is 0.964 bits per heavy atom. The summed E-state index contributed by atoms with van der Waals surface area (Å²) in [4.78, 5) is 2.38. The van der Waals surface area contributed by atoms with Crippen molar-refractivity contribution in [1.82, 2.24) is 4.90 Å².